The van der Waals surface area contributed by atoms with Crippen LogP contribution in [0, 0.1) is 11.2 Å². The third-order valence-corrected chi connectivity index (χ3v) is 4.97. The Labute approximate surface area is 123 Å². The van der Waals surface area contributed by atoms with E-state index in [1.807, 2.05) is 13.8 Å². The maximum absolute atomic E-state index is 12.7. The first-order valence-corrected chi connectivity index (χ1v) is 7.84. The number of aliphatic hydroxyl groups is 1. The van der Waals surface area contributed by atoms with Crippen molar-refractivity contribution in [1.82, 2.24) is 5.32 Å². The van der Waals surface area contributed by atoms with Crippen molar-refractivity contribution in [3.8, 4) is 0 Å². The van der Waals surface area contributed by atoms with Crippen molar-refractivity contribution in [1.29, 1.82) is 0 Å². The summed E-state index contributed by atoms with van der Waals surface area (Å²) in [5, 5.41) is 12.6. The first kappa shape index (κ1) is 15.3. The summed E-state index contributed by atoms with van der Waals surface area (Å²) in [7, 11) is 0. The monoisotopic (exact) mass is 297 g/mol. The highest BCUT2D eigenvalue weighted by Crippen LogP contribution is 2.40. The predicted molar refractivity (Wildman–Crippen MR) is 78.9 cm³/mol. The Morgan fingerprint density at radius 3 is 2.65 bits per heavy atom. The Morgan fingerprint density at radius 1 is 1.45 bits per heavy atom. The van der Waals surface area contributed by atoms with Crippen LogP contribution in [0.5, 0.6) is 0 Å². The van der Waals surface area contributed by atoms with Crippen molar-refractivity contribution in [2.45, 2.75) is 38.2 Å². The van der Waals surface area contributed by atoms with Crippen molar-refractivity contribution >= 4 is 17.7 Å². The number of hydrogen-bond donors (Lipinski definition) is 2. The Morgan fingerprint density at radius 2 is 2.10 bits per heavy atom. The van der Waals surface area contributed by atoms with E-state index < -0.39 is 0 Å². The van der Waals surface area contributed by atoms with Crippen molar-refractivity contribution in [2.24, 2.45) is 5.41 Å². The zero-order valence-corrected chi connectivity index (χ0v) is 12.5. The van der Waals surface area contributed by atoms with Crippen LogP contribution in [0.15, 0.2) is 24.3 Å². The van der Waals surface area contributed by atoms with E-state index in [0.717, 1.165) is 5.56 Å². The van der Waals surface area contributed by atoms with Gasteiger partial charge in [0.25, 0.3) is 0 Å². The van der Waals surface area contributed by atoms with E-state index >= 15 is 0 Å². The Bertz CT molecular complexity index is 475. The molecule has 5 heteroatoms. The lowest BCUT2D eigenvalue weighted by molar-refractivity contribution is -0.126. The van der Waals surface area contributed by atoms with E-state index in [4.69, 9.17) is 0 Å². The fourth-order valence-electron chi connectivity index (χ4n) is 2.23. The maximum atomic E-state index is 12.7. The van der Waals surface area contributed by atoms with Gasteiger partial charge in [0.1, 0.15) is 5.82 Å². The molecule has 2 rings (SSSR count). The van der Waals surface area contributed by atoms with Gasteiger partial charge < -0.3 is 10.4 Å². The number of aliphatic hydroxyl groups excluding tert-OH is 1. The molecule has 1 fully saturated rings. The van der Waals surface area contributed by atoms with Crippen LogP contribution in [0.2, 0.25) is 0 Å². The lowest BCUT2D eigenvalue weighted by Crippen LogP contribution is -2.61. The lowest BCUT2D eigenvalue weighted by atomic mass is 9.64. The molecule has 1 saturated carbocycles. The number of nitrogens with one attached hydrogen (secondary N) is 1. The second-order valence-electron chi connectivity index (χ2n) is 5.81. The van der Waals surface area contributed by atoms with Crippen LogP contribution in [0.3, 0.4) is 0 Å². The van der Waals surface area contributed by atoms with Crippen molar-refractivity contribution in [2.75, 3.05) is 5.75 Å². The number of amides is 1. The van der Waals surface area contributed by atoms with Gasteiger partial charge in [-0.3, -0.25) is 4.79 Å². The molecule has 0 aliphatic heterocycles. The van der Waals surface area contributed by atoms with Gasteiger partial charge in [0.15, 0.2) is 0 Å². The fraction of sp³-hybridized carbons (Fsp3) is 0.533. The number of carbonyl (C=O) groups is 1. The molecular weight excluding hydrogens is 277 g/mol. The van der Waals surface area contributed by atoms with Gasteiger partial charge in [0.05, 0.1) is 11.9 Å². The minimum absolute atomic E-state index is 0.0120. The first-order chi connectivity index (χ1) is 9.39. The molecule has 3 nitrogen and oxygen atoms in total. The lowest BCUT2D eigenvalue weighted by Gasteiger charge is -2.49. The Hall–Kier alpha value is -1.07. The summed E-state index contributed by atoms with van der Waals surface area (Å²) in [6.07, 6.45) is 0.293. The maximum Gasteiger partial charge on any atom is 0.230 e. The second kappa shape index (κ2) is 6.14. The van der Waals surface area contributed by atoms with Gasteiger partial charge in [-0.05, 0) is 24.1 Å². The summed E-state index contributed by atoms with van der Waals surface area (Å²) in [5.74, 6) is 0.800. The average molecular weight is 297 g/mol. The molecule has 110 valence electrons. The zero-order valence-electron chi connectivity index (χ0n) is 11.7. The molecule has 1 amide bonds. The normalized spacial score (nSPS) is 24.0. The number of hydrogen-bond acceptors (Lipinski definition) is 3. The first-order valence-electron chi connectivity index (χ1n) is 6.69. The molecule has 1 aliphatic carbocycles. The average Bonchev–Trinajstić information content (AvgIpc) is 2.41. The van der Waals surface area contributed by atoms with E-state index in [1.54, 1.807) is 12.1 Å². The van der Waals surface area contributed by atoms with Gasteiger partial charge in [0, 0.05) is 17.2 Å². The molecule has 1 aromatic carbocycles. The standard InChI is InChI=1S/C15H20FNO2S/c1-15(2)12(7-13(15)18)17-14(19)9-20-8-10-3-5-11(16)6-4-10/h3-6,12-13,18H,7-9H2,1-2H3,(H,17,19). The van der Waals surface area contributed by atoms with Gasteiger partial charge >= 0.3 is 0 Å². The quantitative estimate of drug-likeness (QED) is 0.877. The third kappa shape index (κ3) is 3.52. The molecule has 0 bridgehead atoms. The molecular formula is C15H20FNO2S. The van der Waals surface area contributed by atoms with Crippen LogP contribution >= 0.6 is 11.8 Å². The van der Waals surface area contributed by atoms with E-state index in [1.165, 1.54) is 23.9 Å². The topological polar surface area (TPSA) is 49.3 Å². The molecule has 1 aliphatic rings. The van der Waals surface area contributed by atoms with Gasteiger partial charge in [0.2, 0.25) is 5.91 Å². The molecule has 2 N–H and O–H groups in total. The van der Waals surface area contributed by atoms with Gasteiger partial charge in [-0.2, -0.15) is 0 Å². The third-order valence-electron chi connectivity index (χ3n) is 3.97. The second-order valence-corrected chi connectivity index (χ2v) is 6.80. The number of carbonyl (C=O) groups excluding carboxylic acids is 1. The molecule has 0 radical (unpaired) electrons. The highest BCUT2D eigenvalue weighted by atomic mass is 32.2. The van der Waals surface area contributed by atoms with Crippen molar-refractivity contribution < 1.29 is 14.3 Å². The van der Waals surface area contributed by atoms with E-state index in [9.17, 15) is 14.3 Å². The molecule has 2 unspecified atom stereocenters. The summed E-state index contributed by atoms with van der Waals surface area (Å²) in [6, 6.07) is 6.36. The fourth-order valence-corrected chi connectivity index (χ4v) is 3.02. The summed E-state index contributed by atoms with van der Waals surface area (Å²) in [5.41, 5.74) is 0.765. The van der Waals surface area contributed by atoms with Crippen molar-refractivity contribution in [3.05, 3.63) is 35.6 Å². The largest absolute Gasteiger partial charge is 0.392 e. The van der Waals surface area contributed by atoms with Crippen LogP contribution < -0.4 is 5.32 Å². The highest BCUT2D eigenvalue weighted by molar-refractivity contribution is 7.99. The molecule has 0 saturated heterocycles. The van der Waals surface area contributed by atoms with Crippen LogP contribution in [-0.2, 0) is 10.5 Å². The summed E-state index contributed by atoms with van der Waals surface area (Å²) in [6.45, 7) is 3.91. The molecule has 1 aromatic rings. The molecule has 0 heterocycles. The number of rotatable bonds is 5. The van der Waals surface area contributed by atoms with E-state index in [-0.39, 0.29) is 29.3 Å². The smallest absolute Gasteiger partial charge is 0.230 e. The minimum atomic E-state index is -0.334. The highest BCUT2D eigenvalue weighted by Gasteiger charge is 2.47. The summed E-state index contributed by atoms with van der Waals surface area (Å²) < 4.78 is 12.7. The van der Waals surface area contributed by atoms with Gasteiger partial charge in [-0.15, -0.1) is 11.8 Å². The van der Waals surface area contributed by atoms with Crippen LogP contribution in [0.25, 0.3) is 0 Å². The SMILES string of the molecule is CC1(C)C(O)CC1NC(=O)CSCc1ccc(F)cc1. The minimum Gasteiger partial charge on any atom is -0.392 e. The summed E-state index contributed by atoms with van der Waals surface area (Å²) in [4.78, 5) is 11.8. The van der Waals surface area contributed by atoms with Gasteiger partial charge in [-0.1, -0.05) is 26.0 Å². The van der Waals surface area contributed by atoms with Crippen LogP contribution in [0.4, 0.5) is 4.39 Å². The van der Waals surface area contributed by atoms with Crippen molar-refractivity contribution in [3.63, 3.8) is 0 Å². The van der Waals surface area contributed by atoms with Crippen LogP contribution in [-0.4, -0.2) is 28.9 Å². The molecule has 0 spiro atoms. The Kier molecular flexibility index (Phi) is 4.70. The number of thioether (sulfide) groups is 1. The number of benzene rings is 1. The number of halogens is 1. The zero-order chi connectivity index (χ0) is 14.8. The summed E-state index contributed by atoms with van der Waals surface area (Å²) >= 11 is 1.50. The van der Waals surface area contributed by atoms with E-state index in [0.29, 0.717) is 17.9 Å². The predicted octanol–water partition coefficient (Wildman–Crippen LogP) is 2.33. The molecule has 2 atom stereocenters. The molecule has 0 aromatic heterocycles. The Balaban J connectivity index is 1.70. The van der Waals surface area contributed by atoms with Gasteiger partial charge in [-0.25, -0.2) is 4.39 Å². The van der Waals surface area contributed by atoms with E-state index in [2.05, 4.69) is 5.32 Å². The van der Waals surface area contributed by atoms with Crippen LogP contribution in [0.1, 0.15) is 25.8 Å². The molecule has 20 heavy (non-hydrogen) atoms.